The summed E-state index contributed by atoms with van der Waals surface area (Å²) in [6.45, 7) is 13.0. The van der Waals surface area contributed by atoms with E-state index >= 15 is 0 Å². The minimum atomic E-state index is -0.174. The van der Waals surface area contributed by atoms with Crippen LogP contribution in [0, 0.1) is 66.5 Å². The van der Waals surface area contributed by atoms with Gasteiger partial charge in [-0.3, -0.25) is 23.7 Å². The molecule has 0 unspecified atom stereocenters. The minimum Gasteiger partial charge on any atom is -0.390 e. The molecule has 0 bridgehead atoms. The first kappa shape index (κ1) is 95.9. The van der Waals surface area contributed by atoms with Crippen molar-refractivity contribution in [2.45, 2.75) is 74.3 Å². The molecule has 9 aromatic heterocycles. The van der Waals surface area contributed by atoms with Crippen LogP contribution in [0.25, 0.3) is 50.3 Å². The molecule has 24 nitrogen and oxygen atoms in total. The normalized spacial score (nSPS) is 10.5. The van der Waals surface area contributed by atoms with Gasteiger partial charge in [-0.15, -0.1) is 22.7 Å². The second-order valence-electron chi connectivity index (χ2n) is 26.0. The maximum absolute atomic E-state index is 12.2. The number of aliphatic hydroxyl groups excluding tert-OH is 1. The van der Waals surface area contributed by atoms with E-state index in [0.29, 0.717) is 49.4 Å². The molecule has 0 fully saturated rings. The first-order valence-electron chi connectivity index (χ1n) is 36.8. The van der Waals surface area contributed by atoms with Gasteiger partial charge in [0.2, 0.25) is 0 Å². The molecule has 0 aliphatic rings. The van der Waals surface area contributed by atoms with Crippen LogP contribution in [0.4, 0.5) is 0 Å². The van der Waals surface area contributed by atoms with Gasteiger partial charge in [0.15, 0.2) is 6.29 Å². The van der Waals surface area contributed by atoms with Crippen LogP contribution in [0.15, 0.2) is 266 Å². The highest BCUT2D eigenvalue weighted by molar-refractivity contribution is 14.1. The van der Waals surface area contributed by atoms with Crippen molar-refractivity contribution >= 4 is 222 Å². The molecule has 5 N–H and O–H groups in total. The maximum Gasteiger partial charge on any atom is 0.261 e. The maximum atomic E-state index is 12.2. The Bertz CT molecular complexity index is 6150. The fourth-order valence-corrected chi connectivity index (χ4v) is 16.0. The number of hydrogen-bond acceptors (Lipinski definition) is 15. The van der Waals surface area contributed by atoms with Crippen molar-refractivity contribution in [3.63, 3.8) is 0 Å². The summed E-state index contributed by atoms with van der Waals surface area (Å²) in [5, 5.41) is 18.2. The van der Waals surface area contributed by atoms with Crippen molar-refractivity contribution in [1.29, 1.82) is 0 Å². The van der Waals surface area contributed by atoms with E-state index in [1.807, 2.05) is 211 Å². The number of nitrogens with zero attached hydrogens (tertiary/aromatic N) is 16. The van der Waals surface area contributed by atoms with E-state index in [9.17, 15) is 19.2 Å². The lowest BCUT2D eigenvalue weighted by Gasteiger charge is -2.08. The molecule has 0 spiro atoms. The van der Waals surface area contributed by atoms with Crippen LogP contribution in [0.2, 0.25) is 8.67 Å². The minimum absolute atomic E-state index is 0.0157. The molecule has 122 heavy (non-hydrogen) atoms. The Kier molecular flexibility index (Phi) is 37.5. The summed E-state index contributed by atoms with van der Waals surface area (Å²) in [5.41, 5.74) is 25.2. The van der Waals surface area contributed by atoms with Gasteiger partial charge in [0.25, 0.3) is 17.4 Å². The summed E-state index contributed by atoms with van der Waals surface area (Å²) in [6.07, 6.45) is 13.8. The van der Waals surface area contributed by atoms with Crippen LogP contribution in [0.3, 0.4) is 0 Å². The Labute approximate surface area is 817 Å². The first-order valence-corrected chi connectivity index (χ1v) is 46.7. The summed E-state index contributed by atoms with van der Waals surface area (Å²) in [6, 6.07) is 68.9. The van der Waals surface area contributed by atoms with Gasteiger partial charge in [0, 0.05) is 126 Å². The lowest BCUT2D eigenvalue weighted by Crippen LogP contribution is -2.21. The smallest absolute Gasteiger partial charge is 0.261 e. The SMILES string of the molecule is Cc1nc(C=O)cn1-c1ccc(I)cc1.Cc1nc(CN)cn1-c1ccc(I)cc1.Cc1nc(CN=[N+]=[N-])cn1-c1ccc(I)cc1.Cc1nc(CNC(=O)c2ccc(Cl)s2)cn1-c1ccc(-n2ccccc2=O)cc1.Cc1nc(CNC(=O)c2ccc(Cl)s2)cn1-c1ccc(I)cc1.Cc1nc(CO)cn1-c1ccc(I)cc1.Ic1ccc(I)cc1. The topological polar surface area (TPSA) is 299 Å². The zero-order valence-electron chi connectivity index (χ0n) is 65.9. The molecule has 2 amide bonds. The Morgan fingerprint density at radius 2 is 0.705 bits per heavy atom. The molecule has 0 aliphatic carbocycles. The van der Waals surface area contributed by atoms with Gasteiger partial charge >= 0.3 is 0 Å². The van der Waals surface area contributed by atoms with Gasteiger partial charge in [0.05, 0.1) is 73.1 Å². The number of imidazole rings is 6. The van der Waals surface area contributed by atoms with Gasteiger partial charge in [-0.05, 0) is 405 Å². The predicted molar refractivity (Wildman–Crippen MR) is 544 cm³/mol. The molecule has 0 aliphatic heterocycles. The molecule has 0 radical (unpaired) electrons. The Morgan fingerprint density at radius 3 is 1.00 bits per heavy atom. The fraction of sp³-hybridized carbons (Fsp3) is 0.126. The average Bonchev–Trinajstić information content (AvgIpc) is 0.997. The molecule has 0 atom stereocenters. The number of amides is 2. The number of carbonyl (C=O) groups is 3. The number of thiophene rings is 2. The van der Waals surface area contributed by atoms with Crippen molar-refractivity contribution in [3.8, 4) is 39.8 Å². The molecule has 16 rings (SSSR count). The van der Waals surface area contributed by atoms with Crippen LogP contribution in [0.5, 0.6) is 0 Å². The summed E-state index contributed by atoms with van der Waals surface area (Å²) < 4.78 is 23.2. The number of rotatable bonds is 18. The van der Waals surface area contributed by atoms with Gasteiger partial charge in [-0.1, -0.05) is 34.4 Å². The van der Waals surface area contributed by atoms with Gasteiger partial charge in [-0.25, -0.2) is 29.9 Å². The van der Waals surface area contributed by atoms with Crippen molar-refractivity contribution in [2.75, 3.05) is 0 Å². The zero-order chi connectivity index (χ0) is 87.5. The van der Waals surface area contributed by atoms with Crippen molar-refractivity contribution in [3.05, 3.63) is 389 Å². The molecule has 624 valence electrons. The number of halogens is 9. The van der Waals surface area contributed by atoms with Gasteiger partial charge < -0.3 is 48.9 Å². The van der Waals surface area contributed by atoms with Crippen LogP contribution >= 0.6 is 204 Å². The van der Waals surface area contributed by atoms with E-state index < -0.39 is 0 Å². The zero-order valence-corrected chi connectivity index (χ0v) is 84.1. The molecule has 35 heteroatoms. The number of benzene rings is 7. The van der Waals surface area contributed by atoms with Crippen molar-refractivity contribution in [2.24, 2.45) is 10.8 Å². The third kappa shape index (κ3) is 28.6. The average molecular weight is 2490 g/mol. The Balaban J connectivity index is 0.000000153. The van der Waals surface area contributed by atoms with Crippen LogP contribution in [0.1, 0.15) is 93.2 Å². The Hall–Kier alpha value is -8.32. The lowest BCUT2D eigenvalue weighted by atomic mass is 10.2. The Morgan fingerprint density at radius 1 is 0.418 bits per heavy atom. The van der Waals surface area contributed by atoms with E-state index in [0.717, 1.165) is 104 Å². The number of pyridine rings is 1. The second kappa shape index (κ2) is 47.7. The van der Waals surface area contributed by atoms with E-state index in [2.05, 4.69) is 274 Å². The van der Waals surface area contributed by atoms with Gasteiger partial charge in [0.1, 0.15) is 40.6 Å². The number of azide groups is 1. The first-order chi connectivity index (χ1) is 58.6. The van der Waals surface area contributed by atoms with E-state index in [1.54, 1.807) is 47.3 Å². The number of nitrogens with one attached hydrogen (secondary N) is 2. The number of hydrogen-bond donors (Lipinski definition) is 4. The predicted octanol–water partition coefficient (Wildman–Crippen LogP) is 22.0. The van der Waals surface area contributed by atoms with E-state index in [-0.39, 0.29) is 30.5 Å². The van der Waals surface area contributed by atoms with Crippen molar-refractivity contribution in [1.82, 2.24) is 72.5 Å². The molecule has 0 saturated carbocycles. The third-order valence-electron chi connectivity index (χ3n) is 17.4. The van der Waals surface area contributed by atoms with Gasteiger partial charge in [-0.2, -0.15) is 0 Å². The van der Waals surface area contributed by atoms with Crippen LogP contribution < -0.4 is 21.9 Å². The molecular weight excluding hydrogens is 2410 g/mol. The van der Waals surface area contributed by atoms with E-state index in [1.165, 1.54) is 53.7 Å². The number of aliphatic hydroxyl groups is 1. The highest BCUT2D eigenvalue weighted by Gasteiger charge is 2.16. The highest BCUT2D eigenvalue weighted by atomic mass is 127. The third-order valence-corrected chi connectivity index (χ3v) is 24.9. The molecule has 16 aromatic rings. The number of aromatic nitrogens is 13. The number of aldehydes is 1. The molecule has 0 saturated heterocycles. The molecule has 7 aromatic carbocycles. The monoisotopic (exact) mass is 2490 g/mol. The van der Waals surface area contributed by atoms with Crippen LogP contribution in [-0.4, -0.2) is 85.1 Å². The van der Waals surface area contributed by atoms with E-state index in [4.69, 9.17) is 39.6 Å². The summed E-state index contributed by atoms with van der Waals surface area (Å²) >= 11 is 30.2. The largest absolute Gasteiger partial charge is 0.390 e. The highest BCUT2D eigenvalue weighted by Crippen LogP contribution is 2.26. The lowest BCUT2D eigenvalue weighted by molar-refractivity contribution is 0.0946. The van der Waals surface area contributed by atoms with Crippen LogP contribution in [-0.2, 0) is 32.8 Å². The summed E-state index contributed by atoms with van der Waals surface area (Å²) in [5.74, 6) is 4.94. The molecular formula is C87H76Cl2I7N19O5S2. The fourth-order valence-electron chi connectivity index (χ4n) is 11.6. The quantitative estimate of drug-likeness (QED) is 0.0205. The second-order valence-corrected chi connectivity index (χ2v) is 38.2. The standard InChI is InChI=1S/C21H17ClN4O2S.C16H13ClIN3OS.C11H10IN5.C11H12IN3.C11H11IN2O.C11H9IN2O.C6H4I2/c1-14-24-15(12-23-21(28)18-9-10-19(22)29-18)13-26(14)17-7-5-16(6-8-17)25-11-3-2-4-20(25)27;1-10-20-12(8-19-16(22)14-6-7-15(17)23-14)9-21(10)13-4-2-11(18)3-5-13;1-8-15-10(6-14-16-13)7-17(8)11-4-2-9(12)3-5-11;1-8-14-10(6-13)7-15(8)11-4-2-9(12)3-5-11;2*1-8-13-10(7-15)6-14(8)11-4-2-9(12)3-5-11;7-5-1-2-6(8)4-3-5/h2-11,13H,12H2,1H3,(H,23,28);2-7,9H,8H2,1H3,(H,19,22);2-5,7H,6H2,1H3;2-5,7H,6,13H2,1H3;2-6,15H,7H2,1H3;2-7H,1H3;1-4H. The molecule has 9 heterocycles. The summed E-state index contributed by atoms with van der Waals surface area (Å²) in [7, 11) is 0. The summed E-state index contributed by atoms with van der Waals surface area (Å²) in [4.78, 5) is 76.7. The number of nitrogens with two attached hydrogens (primary N) is 1. The van der Waals surface area contributed by atoms with Crippen molar-refractivity contribution < 1.29 is 19.5 Å². The number of carbonyl (C=O) groups excluding carboxylic acids is 3. The number of aryl methyl sites for hydroxylation is 6.